The summed E-state index contributed by atoms with van der Waals surface area (Å²) in [5, 5.41) is 3.54. The lowest BCUT2D eigenvalue weighted by molar-refractivity contribution is 0.157. The van der Waals surface area contributed by atoms with Gasteiger partial charge in [-0.2, -0.15) is 0 Å². The van der Waals surface area contributed by atoms with Gasteiger partial charge < -0.3 is 5.32 Å². The fourth-order valence-electron chi connectivity index (χ4n) is 3.13. The van der Waals surface area contributed by atoms with E-state index >= 15 is 0 Å². The maximum absolute atomic E-state index is 12.1. The zero-order valence-corrected chi connectivity index (χ0v) is 14.2. The van der Waals surface area contributed by atoms with Crippen molar-refractivity contribution < 1.29 is 8.42 Å². The summed E-state index contributed by atoms with van der Waals surface area (Å²) in [5.74, 6) is 0.438. The topological polar surface area (TPSA) is 58.2 Å². The molecule has 114 valence electrons. The predicted octanol–water partition coefficient (Wildman–Crippen LogP) is 2.09. The molecule has 1 aliphatic rings. The molecule has 1 saturated heterocycles. The molecular weight excluding hydrogens is 284 g/mol. The maximum Gasteiger partial charge on any atom is 0.212 e. The van der Waals surface area contributed by atoms with Crippen molar-refractivity contribution in [2.45, 2.75) is 64.6 Å². The van der Waals surface area contributed by atoms with E-state index in [1.807, 2.05) is 6.92 Å². The summed E-state index contributed by atoms with van der Waals surface area (Å²) < 4.78 is 27.0. The van der Waals surface area contributed by atoms with Crippen molar-refractivity contribution in [3.05, 3.63) is 0 Å². The molecule has 0 spiro atoms. The largest absolute Gasteiger partial charge is 0.307 e. The lowest BCUT2D eigenvalue weighted by atomic mass is 9.80. The molecule has 2 N–H and O–H groups in total. The van der Waals surface area contributed by atoms with E-state index in [2.05, 4.69) is 37.7 Å². The molecule has 1 atom stereocenters. The van der Waals surface area contributed by atoms with Crippen LogP contribution in [-0.2, 0) is 10.0 Å². The third-order valence-electron chi connectivity index (χ3n) is 3.30. The number of rotatable bonds is 5. The quantitative estimate of drug-likeness (QED) is 0.765. The number of halogens is 1. The van der Waals surface area contributed by atoms with Crippen LogP contribution in [0.2, 0.25) is 0 Å². The van der Waals surface area contributed by atoms with E-state index in [-0.39, 0.29) is 28.8 Å². The molecule has 1 fully saturated rings. The molecule has 0 saturated carbocycles. The number of piperidine rings is 1. The zero-order chi connectivity index (χ0) is 14.9. The van der Waals surface area contributed by atoms with Gasteiger partial charge in [0.2, 0.25) is 10.0 Å². The van der Waals surface area contributed by atoms with Crippen LogP contribution in [0.4, 0.5) is 0 Å². The van der Waals surface area contributed by atoms with Gasteiger partial charge in [-0.3, -0.25) is 0 Å². The summed E-state index contributed by atoms with van der Waals surface area (Å²) in [5.41, 5.74) is -0.125. The second kappa shape index (κ2) is 5.88. The number of alkyl halides is 1. The highest BCUT2D eigenvalue weighted by atomic mass is 35.5. The van der Waals surface area contributed by atoms with Gasteiger partial charge >= 0.3 is 0 Å². The monoisotopic (exact) mass is 310 g/mol. The lowest BCUT2D eigenvalue weighted by Crippen LogP contribution is -2.62. The van der Waals surface area contributed by atoms with Gasteiger partial charge in [-0.1, -0.05) is 6.92 Å². The molecule has 0 aromatic heterocycles. The standard InChI is InChI=1S/C13H27ClN2O2S/c1-10(8-14)9-19(17,18)15-11-6-12(2,3)16-13(4,5)7-11/h10-11,15-16H,6-9H2,1-5H3. The maximum atomic E-state index is 12.1. The van der Waals surface area contributed by atoms with Gasteiger partial charge in [0.1, 0.15) is 0 Å². The first-order valence-corrected chi connectivity index (χ1v) is 8.99. The molecule has 0 aromatic rings. The van der Waals surface area contributed by atoms with Crippen LogP contribution in [0.1, 0.15) is 47.5 Å². The molecule has 0 aliphatic carbocycles. The summed E-state index contributed by atoms with van der Waals surface area (Å²) in [6.45, 7) is 10.3. The van der Waals surface area contributed by atoms with Crippen LogP contribution >= 0.6 is 11.6 Å². The minimum Gasteiger partial charge on any atom is -0.307 e. The molecule has 0 amide bonds. The molecule has 19 heavy (non-hydrogen) atoms. The SMILES string of the molecule is CC(CCl)CS(=O)(=O)NC1CC(C)(C)NC(C)(C)C1. The number of hydrogen-bond donors (Lipinski definition) is 2. The van der Waals surface area contributed by atoms with Crippen LogP contribution in [0.15, 0.2) is 0 Å². The highest BCUT2D eigenvalue weighted by Gasteiger charge is 2.39. The zero-order valence-electron chi connectivity index (χ0n) is 12.6. The van der Waals surface area contributed by atoms with Crippen LogP contribution in [0.5, 0.6) is 0 Å². The summed E-state index contributed by atoms with van der Waals surface area (Å²) in [6.07, 6.45) is 1.59. The van der Waals surface area contributed by atoms with Crippen molar-refractivity contribution in [3.63, 3.8) is 0 Å². The molecule has 6 heteroatoms. The average molecular weight is 311 g/mol. The van der Waals surface area contributed by atoms with E-state index in [1.165, 1.54) is 0 Å². The Kier molecular flexibility index (Phi) is 5.33. The minimum atomic E-state index is -3.26. The van der Waals surface area contributed by atoms with Gasteiger partial charge in [0.25, 0.3) is 0 Å². The number of sulfonamides is 1. The second-order valence-electron chi connectivity index (χ2n) is 7.16. The number of nitrogens with one attached hydrogen (secondary N) is 2. The predicted molar refractivity (Wildman–Crippen MR) is 81.1 cm³/mol. The molecular formula is C13H27ClN2O2S. The van der Waals surface area contributed by atoms with Crippen molar-refractivity contribution in [2.24, 2.45) is 5.92 Å². The highest BCUT2D eigenvalue weighted by molar-refractivity contribution is 7.89. The Hall–Kier alpha value is 0.160. The third kappa shape index (κ3) is 5.98. The fraction of sp³-hybridized carbons (Fsp3) is 1.00. The first kappa shape index (κ1) is 17.2. The Bertz CT molecular complexity index is 391. The summed E-state index contributed by atoms with van der Waals surface area (Å²) >= 11 is 5.69. The Labute approximate surface area is 122 Å². The normalized spacial score (nSPS) is 25.2. The van der Waals surface area contributed by atoms with E-state index in [0.717, 1.165) is 12.8 Å². The van der Waals surface area contributed by atoms with Gasteiger partial charge in [-0.25, -0.2) is 13.1 Å². The van der Waals surface area contributed by atoms with E-state index in [9.17, 15) is 8.42 Å². The van der Waals surface area contributed by atoms with Crippen LogP contribution in [-0.4, -0.2) is 37.2 Å². The molecule has 1 aliphatic heterocycles. The van der Waals surface area contributed by atoms with Crippen molar-refractivity contribution in [1.29, 1.82) is 0 Å². The Morgan fingerprint density at radius 3 is 2.16 bits per heavy atom. The van der Waals surface area contributed by atoms with Gasteiger partial charge in [0.15, 0.2) is 0 Å². The smallest absolute Gasteiger partial charge is 0.212 e. The van der Waals surface area contributed by atoms with Crippen molar-refractivity contribution in [1.82, 2.24) is 10.0 Å². The molecule has 0 bridgehead atoms. The Morgan fingerprint density at radius 2 is 1.74 bits per heavy atom. The lowest BCUT2D eigenvalue weighted by Gasteiger charge is -2.46. The van der Waals surface area contributed by atoms with Gasteiger partial charge in [0.05, 0.1) is 5.75 Å². The Balaban J connectivity index is 2.71. The van der Waals surface area contributed by atoms with Crippen molar-refractivity contribution in [2.75, 3.05) is 11.6 Å². The Morgan fingerprint density at radius 1 is 1.26 bits per heavy atom. The summed E-state index contributed by atoms with van der Waals surface area (Å²) in [6, 6.07) is -0.0150. The van der Waals surface area contributed by atoms with E-state index < -0.39 is 10.0 Å². The van der Waals surface area contributed by atoms with E-state index in [4.69, 9.17) is 11.6 Å². The fourth-order valence-corrected chi connectivity index (χ4v) is 5.00. The first-order valence-electron chi connectivity index (χ1n) is 6.80. The van der Waals surface area contributed by atoms with Crippen LogP contribution < -0.4 is 10.0 Å². The van der Waals surface area contributed by atoms with Crippen LogP contribution in [0.3, 0.4) is 0 Å². The molecule has 4 nitrogen and oxygen atoms in total. The summed E-state index contributed by atoms with van der Waals surface area (Å²) in [7, 11) is -3.26. The summed E-state index contributed by atoms with van der Waals surface area (Å²) in [4.78, 5) is 0. The van der Waals surface area contributed by atoms with Crippen LogP contribution in [0.25, 0.3) is 0 Å². The van der Waals surface area contributed by atoms with Crippen molar-refractivity contribution >= 4 is 21.6 Å². The van der Waals surface area contributed by atoms with Gasteiger partial charge in [-0.15, -0.1) is 11.6 Å². The molecule has 1 heterocycles. The first-order chi connectivity index (χ1) is 8.45. The van der Waals surface area contributed by atoms with Crippen molar-refractivity contribution in [3.8, 4) is 0 Å². The number of hydrogen-bond acceptors (Lipinski definition) is 3. The molecule has 1 rings (SSSR count). The average Bonchev–Trinajstić information content (AvgIpc) is 2.09. The highest BCUT2D eigenvalue weighted by Crippen LogP contribution is 2.28. The van der Waals surface area contributed by atoms with E-state index in [0.29, 0.717) is 5.88 Å². The molecule has 0 aromatic carbocycles. The third-order valence-corrected chi connectivity index (χ3v) is 5.53. The van der Waals surface area contributed by atoms with Gasteiger partial charge in [-0.05, 0) is 46.5 Å². The second-order valence-corrected chi connectivity index (χ2v) is 9.26. The van der Waals surface area contributed by atoms with E-state index in [1.54, 1.807) is 0 Å². The van der Waals surface area contributed by atoms with Crippen LogP contribution in [0, 0.1) is 5.92 Å². The van der Waals surface area contributed by atoms with Gasteiger partial charge in [0, 0.05) is 23.0 Å². The molecule has 0 radical (unpaired) electrons. The minimum absolute atomic E-state index is 0.0150. The molecule has 1 unspecified atom stereocenters.